The van der Waals surface area contributed by atoms with Crippen LogP contribution in [0.15, 0.2) is 66.7 Å². The van der Waals surface area contributed by atoms with Crippen LogP contribution in [0.5, 0.6) is 5.75 Å². The van der Waals surface area contributed by atoms with E-state index in [0.717, 1.165) is 11.6 Å². The number of carbonyl (C=O) groups excluding carboxylic acids is 1. The summed E-state index contributed by atoms with van der Waals surface area (Å²) in [5.74, 6) is 0.0391. The van der Waals surface area contributed by atoms with Gasteiger partial charge in [0.2, 0.25) is 0 Å². The molecule has 0 radical (unpaired) electrons. The Balaban J connectivity index is 1.31. The van der Waals surface area contributed by atoms with Crippen LogP contribution < -0.4 is 10.1 Å². The second kappa shape index (κ2) is 11.9. The summed E-state index contributed by atoms with van der Waals surface area (Å²) in [7, 11) is 0. The molecule has 3 aromatic carbocycles. The third-order valence-electron chi connectivity index (χ3n) is 6.62. The molecule has 3 aromatic rings. The van der Waals surface area contributed by atoms with Gasteiger partial charge in [-0.05, 0) is 61.9 Å². The van der Waals surface area contributed by atoms with Crippen molar-refractivity contribution >= 4 is 28.7 Å². The SMILES string of the molecule is C[C@@H]1CN(C(=O)COc2ccc(Nc3ccc([N+](=O)[O-])cc3[N+](=O)[O-])cc2)[C@@H](C)CN1Cc1ccc(F)cc1. The van der Waals surface area contributed by atoms with E-state index in [-0.39, 0.29) is 41.8 Å². The summed E-state index contributed by atoms with van der Waals surface area (Å²) < 4.78 is 18.9. The van der Waals surface area contributed by atoms with E-state index in [0.29, 0.717) is 31.1 Å². The number of halogens is 1. The molecule has 0 aromatic heterocycles. The number of hydrogen-bond acceptors (Lipinski definition) is 8. The highest BCUT2D eigenvalue weighted by atomic mass is 19.1. The number of non-ortho nitro benzene ring substituents is 1. The number of carbonyl (C=O) groups is 1. The van der Waals surface area contributed by atoms with Gasteiger partial charge in [0.1, 0.15) is 17.3 Å². The van der Waals surface area contributed by atoms with Crippen LogP contribution in [0.3, 0.4) is 0 Å². The van der Waals surface area contributed by atoms with Crippen molar-refractivity contribution in [2.75, 3.05) is 25.0 Å². The highest BCUT2D eigenvalue weighted by molar-refractivity contribution is 5.78. The van der Waals surface area contributed by atoms with Crippen molar-refractivity contribution in [3.8, 4) is 5.75 Å². The van der Waals surface area contributed by atoms with E-state index in [1.54, 1.807) is 41.3 Å². The molecule has 204 valence electrons. The molecule has 0 spiro atoms. The fourth-order valence-corrected chi connectivity index (χ4v) is 4.50. The predicted molar refractivity (Wildman–Crippen MR) is 142 cm³/mol. The maximum atomic E-state index is 13.2. The van der Waals surface area contributed by atoms with Gasteiger partial charge in [-0.2, -0.15) is 0 Å². The number of nitro benzene ring substituents is 2. The minimum Gasteiger partial charge on any atom is -0.484 e. The topological polar surface area (TPSA) is 131 Å². The van der Waals surface area contributed by atoms with E-state index in [1.165, 1.54) is 24.3 Å². The van der Waals surface area contributed by atoms with Gasteiger partial charge in [0.15, 0.2) is 6.61 Å². The fourth-order valence-electron chi connectivity index (χ4n) is 4.50. The summed E-state index contributed by atoms with van der Waals surface area (Å²) in [6.45, 7) is 5.79. The molecule has 0 aliphatic carbocycles. The first kappa shape index (κ1) is 27.5. The average molecular weight is 538 g/mol. The van der Waals surface area contributed by atoms with E-state index >= 15 is 0 Å². The number of amides is 1. The van der Waals surface area contributed by atoms with E-state index in [9.17, 15) is 29.4 Å². The lowest BCUT2D eigenvalue weighted by atomic mass is 10.1. The lowest BCUT2D eigenvalue weighted by Gasteiger charge is -2.44. The van der Waals surface area contributed by atoms with Gasteiger partial charge < -0.3 is 15.0 Å². The Morgan fingerprint density at radius 2 is 1.67 bits per heavy atom. The number of nitro groups is 2. The number of hydrogen-bond donors (Lipinski definition) is 1. The highest BCUT2D eigenvalue weighted by Crippen LogP contribution is 2.32. The number of benzene rings is 3. The zero-order chi connectivity index (χ0) is 28.1. The van der Waals surface area contributed by atoms with Gasteiger partial charge in [0, 0.05) is 43.5 Å². The van der Waals surface area contributed by atoms with Gasteiger partial charge in [-0.3, -0.25) is 29.9 Å². The van der Waals surface area contributed by atoms with Gasteiger partial charge in [0.25, 0.3) is 17.3 Å². The summed E-state index contributed by atoms with van der Waals surface area (Å²) in [6.07, 6.45) is 0. The van der Waals surface area contributed by atoms with Crippen LogP contribution >= 0.6 is 0 Å². The van der Waals surface area contributed by atoms with Crippen molar-refractivity contribution in [1.82, 2.24) is 9.80 Å². The Morgan fingerprint density at radius 3 is 2.31 bits per heavy atom. The Bertz CT molecular complexity index is 1350. The number of rotatable bonds is 9. The van der Waals surface area contributed by atoms with Crippen molar-refractivity contribution in [3.63, 3.8) is 0 Å². The first-order valence-electron chi connectivity index (χ1n) is 12.3. The summed E-state index contributed by atoms with van der Waals surface area (Å²) in [4.78, 5) is 37.9. The molecule has 0 saturated carbocycles. The summed E-state index contributed by atoms with van der Waals surface area (Å²) in [6, 6.07) is 16.4. The zero-order valence-electron chi connectivity index (χ0n) is 21.5. The Hall–Kier alpha value is -4.58. The van der Waals surface area contributed by atoms with Crippen LogP contribution in [0.2, 0.25) is 0 Å². The van der Waals surface area contributed by atoms with E-state index in [1.807, 2.05) is 6.92 Å². The maximum Gasteiger partial charge on any atom is 0.299 e. The molecule has 12 heteroatoms. The minimum atomic E-state index is -0.695. The largest absolute Gasteiger partial charge is 0.484 e. The first-order valence-corrected chi connectivity index (χ1v) is 12.3. The van der Waals surface area contributed by atoms with E-state index < -0.39 is 15.5 Å². The van der Waals surface area contributed by atoms with Crippen LogP contribution in [0.25, 0.3) is 0 Å². The van der Waals surface area contributed by atoms with Gasteiger partial charge in [0.05, 0.1) is 15.9 Å². The van der Waals surface area contributed by atoms with Gasteiger partial charge in [-0.15, -0.1) is 0 Å². The van der Waals surface area contributed by atoms with Crippen molar-refractivity contribution in [1.29, 1.82) is 0 Å². The number of piperazine rings is 1. The lowest BCUT2D eigenvalue weighted by Crippen LogP contribution is -2.58. The van der Waals surface area contributed by atoms with Crippen LogP contribution in [-0.4, -0.2) is 57.3 Å². The van der Waals surface area contributed by atoms with Gasteiger partial charge >= 0.3 is 0 Å². The van der Waals surface area contributed by atoms with Crippen LogP contribution in [0.1, 0.15) is 19.4 Å². The second-order valence-electron chi connectivity index (χ2n) is 9.45. The molecule has 1 aliphatic heterocycles. The zero-order valence-corrected chi connectivity index (χ0v) is 21.5. The average Bonchev–Trinajstić information content (AvgIpc) is 2.91. The minimum absolute atomic E-state index is 0.0261. The summed E-state index contributed by atoms with van der Waals surface area (Å²) in [5, 5.41) is 25.2. The third-order valence-corrected chi connectivity index (χ3v) is 6.62. The molecule has 4 rings (SSSR count). The smallest absolute Gasteiger partial charge is 0.299 e. The molecule has 39 heavy (non-hydrogen) atoms. The van der Waals surface area contributed by atoms with Crippen LogP contribution in [-0.2, 0) is 11.3 Å². The molecule has 1 heterocycles. The predicted octanol–water partition coefficient (Wildman–Crippen LogP) is 4.89. The maximum absolute atomic E-state index is 13.2. The molecular weight excluding hydrogens is 509 g/mol. The summed E-state index contributed by atoms with van der Waals surface area (Å²) >= 11 is 0. The van der Waals surface area contributed by atoms with E-state index in [2.05, 4.69) is 17.1 Å². The molecule has 1 N–H and O–H groups in total. The Labute approximate surface area is 224 Å². The molecule has 1 saturated heterocycles. The number of ether oxygens (including phenoxy) is 1. The molecule has 11 nitrogen and oxygen atoms in total. The van der Waals surface area contributed by atoms with Gasteiger partial charge in [-0.25, -0.2) is 4.39 Å². The molecule has 1 amide bonds. The van der Waals surface area contributed by atoms with Crippen molar-refractivity contribution in [3.05, 3.63) is 98.3 Å². The molecule has 1 fully saturated rings. The summed E-state index contributed by atoms with van der Waals surface area (Å²) in [5.41, 5.74) is 0.830. The van der Waals surface area contributed by atoms with E-state index in [4.69, 9.17) is 4.74 Å². The van der Waals surface area contributed by atoms with Crippen molar-refractivity contribution < 1.29 is 23.8 Å². The normalized spacial score (nSPS) is 17.5. The number of nitrogens with one attached hydrogen (secondary N) is 1. The molecule has 0 bridgehead atoms. The quantitative estimate of drug-likeness (QED) is 0.302. The first-order chi connectivity index (χ1) is 18.6. The molecule has 0 unspecified atom stereocenters. The molecule has 2 atom stereocenters. The standard InChI is InChI=1S/C27H28FN5O6/c1-18-15-31(19(2)14-30(18)16-20-3-5-21(28)6-4-20)27(34)17-39-24-10-7-22(8-11-24)29-25-12-9-23(32(35)36)13-26(25)33(37)38/h3-13,18-19,29H,14-17H2,1-2H3/t18-,19+/m1/s1. The second-order valence-corrected chi connectivity index (χ2v) is 9.45. The Morgan fingerprint density at radius 1 is 0.974 bits per heavy atom. The van der Waals surface area contributed by atoms with Crippen molar-refractivity contribution in [2.45, 2.75) is 32.5 Å². The third kappa shape index (κ3) is 6.85. The Kier molecular flexibility index (Phi) is 8.35. The number of anilines is 2. The van der Waals surface area contributed by atoms with Crippen LogP contribution in [0, 0.1) is 26.0 Å². The fraction of sp³-hybridized carbons (Fsp3) is 0.296. The van der Waals surface area contributed by atoms with Gasteiger partial charge in [-0.1, -0.05) is 12.1 Å². The lowest BCUT2D eigenvalue weighted by molar-refractivity contribution is -0.393. The monoisotopic (exact) mass is 537 g/mol. The molecule has 1 aliphatic rings. The molecular formula is C27H28FN5O6. The highest BCUT2D eigenvalue weighted by Gasteiger charge is 2.32. The number of nitrogens with zero attached hydrogens (tertiary/aromatic N) is 4. The van der Waals surface area contributed by atoms with Crippen molar-refractivity contribution in [2.24, 2.45) is 0 Å². The van der Waals surface area contributed by atoms with Crippen LogP contribution in [0.4, 0.5) is 27.1 Å².